The van der Waals surface area contributed by atoms with Crippen molar-refractivity contribution in [3.8, 4) is 17.2 Å². The van der Waals surface area contributed by atoms with E-state index in [1.807, 2.05) is 13.8 Å². The zero-order valence-electron chi connectivity index (χ0n) is 16.8. The number of methoxy groups -OCH3 is 3. The van der Waals surface area contributed by atoms with Gasteiger partial charge in [0.1, 0.15) is 0 Å². The van der Waals surface area contributed by atoms with Crippen LogP contribution in [0.5, 0.6) is 17.2 Å². The molecule has 0 radical (unpaired) electrons. The predicted octanol–water partition coefficient (Wildman–Crippen LogP) is 3.24. The van der Waals surface area contributed by atoms with Gasteiger partial charge in [-0.3, -0.25) is 9.59 Å². The molecule has 0 aliphatic heterocycles. The summed E-state index contributed by atoms with van der Waals surface area (Å²) in [5, 5.41) is 5.65. The maximum atomic E-state index is 12.4. The molecule has 0 aliphatic carbocycles. The topological polar surface area (TPSA) is 85.9 Å². The van der Waals surface area contributed by atoms with Gasteiger partial charge in [-0.05, 0) is 42.0 Å². The number of rotatable bonds is 8. The van der Waals surface area contributed by atoms with Gasteiger partial charge in [0.25, 0.3) is 5.91 Å². The van der Waals surface area contributed by atoms with Gasteiger partial charge in [-0.2, -0.15) is 0 Å². The lowest BCUT2D eigenvalue weighted by Gasteiger charge is -2.14. The Balaban J connectivity index is 2.05. The Morgan fingerprint density at radius 2 is 1.50 bits per heavy atom. The molecule has 0 aromatic heterocycles. The molecule has 0 unspecified atom stereocenters. The zero-order chi connectivity index (χ0) is 20.7. The second kappa shape index (κ2) is 9.64. The smallest absolute Gasteiger partial charge is 0.251 e. The largest absolute Gasteiger partial charge is 0.493 e. The fraction of sp³-hybridized carbons (Fsp3) is 0.333. The Hall–Kier alpha value is -3.22. The summed E-state index contributed by atoms with van der Waals surface area (Å²) >= 11 is 0. The molecular formula is C21H26N2O5. The van der Waals surface area contributed by atoms with Crippen molar-refractivity contribution < 1.29 is 23.8 Å². The van der Waals surface area contributed by atoms with Gasteiger partial charge in [0.15, 0.2) is 11.5 Å². The number of hydrogen-bond donors (Lipinski definition) is 2. The second-order valence-corrected chi connectivity index (χ2v) is 6.44. The van der Waals surface area contributed by atoms with Crippen LogP contribution < -0.4 is 24.8 Å². The van der Waals surface area contributed by atoms with Gasteiger partial charge in [-0.15, -0.1) is 0 Å². The molecule has 7 nitrogen and oxygen atoms in total. The molecule has 150 valence electrons. The molecule has 0 heterocycles. The van der Waals surface area contributed by atoms with Crippen molar-refractivity contribution in [2.75, 3.05) is 26.6 Å². The first-order valence-electron chi connectivity index (χ1n) is 8.87. The maximum absolute atomic E-state index is 12.4. The van der Waals surface area contributed by atoms with E-state index >= 15 is 0 Å². The molecule has 0 fully saturated rings. The Morgan fingerprint density at radius 3 is 1.96 bits per heavy atom. The lowest BCUT2D eigenvalue weighted by molar-refractivity contribution is -0.118. The van der Waals surface area contributed by atoms with Crippen LogP contribution in [0.3, 0.4) is 0 Å². The van der Waals surface area contributed by atoms with Gasteiger partial charge in [-0.25, -0.2) is 0 Å². The van der Waals surface area contributed by atoms with Crippen molar-refractivity contribution in [2.24, 2.45) is 5.92 Å². The van der Waals surface area contributed by atoms with Crippen molar-refractivity contribution in [1.82, 2.24) is 5.32 Å². The van der Waals surface area contributed by atoms with E-state index in [2.05, 4.69) is 10.6 Å². The molecule has 0 saturated carbocycles. The number of carbonyl (C=O) groups is 2. The van der Waals surface area contributed by atoms with Crippen molar-refractivity contribution in [2.45, 2.75) is 20.4 Å². The van der Waals surface area contributed by atoms with Crippen LogP contribution in [-0.4, -0.2) is 33.1 Å². The van der Waals surface area contributed by atoms with Gasteiger partial charge >= 0.3 is 0 Å². The van der Waals surface area contributed by atoms with Crippen molar-refractivity contribution in [1.29, 1.82) is 0 Å². The predicted molar refractivity (Wildman–Crippen MR) is 107 cm³/mol. The molecule has 2 amide bonds. The number of nitrogens with one attached hydrogen (secondary N) is 2. The quantitative estimate of drug-likeness (QED) is 0.727. The highest BCUT2D eigenvalue weighted by Crippen LogP contribution is 2.38. The van der Waals surface area contributed by atoms with Gasteiger partial charge < -0.3 is 24.8 Å². The van der Waals surface area contributed by atoms with E-state index in [0.717, 1.165) is 5.56 Å². The fourth-order valence-corrected chi connectivity index (χ4v) is 2.51. The summed E-state index contributed by atoms with van der Waals surface area (Å²) in [7, 11) is 4.62. The summed E-state index contributed by atoms with van der Waals surface area (Å²) in [6, 6.07) is 10.3. The summed E-state index contributed by atoms with van der Waals surface area (Å²) < 4.78 is 15.9. The van der Waals surface area contributed by atoms with E-state index in [-0.39, 0.29) is 17.7 Å². The minimum absolute atomic E-state index is 0.0698. The second-order valence-electron chi connectivity index (χ2n) is 6.44. The van der Waals surface area contributed by atoms with E-state index in [9.17, 15) is 9.59 Å². The zero-order valence-corrected chi connectivity index (χ0v) is 16.8. The first-order chi connectivity index (χ1) is 13.4. The number of carbonyl (C=O) groups excluding carboxylic acids is 2. The van der Waals surface area contributed by atoms with E-state index < -0.39 is 0 Å². The fourth-order valence-electron chi connectivity index (χ4n) is 2.51. The minimum atomic E-state index is -0.226. The first-order valence-corrected chi connectivity index (χ1v) is 8.87. The molecule has 7 heteroatoms. The van der Waals surface area contributed by atoms with Gasteiger partial charge in [-0.1, -0.05) is 13.8 Å². The van der Waals surface area contributed by atoms with Gasteiger partial charge in [0.2, 0.25) is 11.7 Å². The van der Waals surface area contributed by atoms with Crippen LogP contribution in [0.25, 0.3) is 0 Å². The standard InChI is InChI=1S/C21H26N2O5/c1-13(2)20(24)23-16-8-6-15(7-9-16)21(25)22-12-14-10-17(26-3)19(28-5)18(11-14)27-4/h6-11,13H,12H2,1-5H3,(H,22,25)(H,23,24). The van der Waals surface area contributed by atoms with E-state index in [4.69, 9.17) is 14.2 Å². The molecule has 28 heavy (non-hydrogen) atoms. The number of hydrogen-bond acceptors (Lipinski definition) is 5. The molecule has 0 spiro atoms. The summed E-state index contributed by atoms with van der Waals surface area (Å²) in [6.45, 7) is 3.93. The van der Waals surface area contributed by atoms with Crippen LogP contribution in [-0.2, 0) is 11.3 Å². The molecular weight excluding hydrogens is 360 g/mol. The number of benzene rings is 2. The third kappa shape index (κ3) is 5.16. The summed E-state index contributed by atoms with van der Waals surface area (Å²) in [5.41, 5.74) is 1.96. The minimum Gasteiger partial charge on any atom is -0.493 e. The highest BCUT2D eigenvalue weighted by molar-refractivity contribution is 5.96. The van der Waals surface area contributed by atoms with Crippen LogP contribution >= 0.6 is 0 Å². The lowest BCUT2D eigenvalue weighted by Crippen LogP contribution is -2.23. The van der Waals surface area contributed by atoms with E-state index in [1.54, 1.807) is 50.6 Å². The van der Waals surface area contributed by atoms with Crippen molar-refractivity contribution in [3.05, 3.63) is 47.5 Å². The highest BCUT2D eigenvalue weighted by Gasteiger charge is 2.14. The summed E-state index contributed by atoms with van der Waals surface area (Å²) in [4.78, 5) is 24.1. The third-order valence-electron chi connectivity index (χ3n) is 4.12. The van der Waals surface area contributed by atoms with Crippen molar-refractivity contribution >= 4 is 17.5 Å². The average Bonchev–Trinajstić information content (AvgIpc) is 2.71. The van der Waals surface area contributed by atoms with E-state index in [0.29, 0.717) is 35.0 Å². The van der Waals surface area contributed by atoms with Crippen LogP contribution in [0.4, 0.5) is 5.69 Å². The molecule has 2 aromatic carbocycles. The molecule has 0 aliphatic rings. The number of ether oxygens (including phenoxy) is 3. The molecule has 2 N–H and O–H groups in total. The Kier molecular flexibility index (Phi) is 7.26. The van der Waals surface area contributed by atoms with Crippen LogP contribution in [0, 0.1) is 5.92 Å². The monoisotopic (exact) mass is 386 g/mol. The molecule has 0 bridgehead atoms. The Morgan fingerprint density at radius 1 is 0.929 bits per heavy atom. The Bertz CT molecular complexity index is 806. The maximum Gasteiger partial charge on any atom is 0.251 e. The van der Waals surface area contributed by atoms with Crippen LogP contribution in [0.2, 0.25) is 0 Å². The third-order valence-corrected chi connectivity index (χ3v) is 4.12. The first kappa shape index (κ1) is 21.1. The van der Waals surface area contributed by atoms with Crippen LogP contribution in [0.1, 0.15) is 29.8 Å². The molecule has 0 atom stereocenters. The lowest BCUT2D eigenvalue weighted by atomic mass is 10.1. The normalized spacial score (nSPS) is 10.4. The number of anilines is 1. The molecule has 0 saturated heterocycles. The molecule has 2 rings (SSSR count). The summed E-state index contributed by atoms with van der Waals surface area (Å²) in [5.74, 6) is 1.14. The van der Waals surface area contributed by atoms with Crippen LogP contribution in [0.15, 0.2) is 36.4 Å². The SMILES string of the molecule is COc1cc(CNC(=O)c2ccc(NC(=O)C(C)C)cc2)cc(OC)c1OC. The van der Waals surface area contributed by atoms with Crippen molar-refractivity contribution in [3.63, 3.8) is 0 Å². The summed E-state index contributed by atoms with van der Waals surface area (Å²) in [6.07, 6.45) is 0. The number of amides is 2. The van der Waals surface area contributed by atoms with Gasteiger partial charge in [0, 0.05) is 23.7 Å². The highest BCUT2D eigenvalue weighted by atomic mass is 16.5. The average molecular weight is 386 g/mol. The van der Waals surface area contributed by atoms with Gasteiger partial charge in [0.05, 0.1) is 21.3 Å². The molecule has 2 aromatic rings. The van der Waals surface area contributed by atoms with E-state index in [1.165, 1.54) is 7.11 Å². The Labute approximate surface area is 165 Å².